The zero-order chi connectivity index (χ0) is 9.97. The number of aromatic nitrogens is 1. The molecule has 2 aromatic rings. The van der Waals surface area contributed by atoms with Gasteiger partial charge in [0.1, 0.15) is 11.6 Å². The van der Waals surface area contributed by atoms with Gasteiger partial charge in [-0.3, -0.25) is 0 Å². The molecule has 4 nitrogen and oxygen atoms in total. The van der Waals surface area contributed by atoms with E-state index in [-0.39, 0.29) is 6.10 Å². The number of oxazole rings is 1. The molecule has 0 aliphatic heterocycles. The van der Waals surface area contributed by atoms with Gasteiger partial charge in [0.05, 0.1) is 0 Å². The van der Waals surface area contributed by atoms with Crippen molar-refractivity contribution in [1.29, 1.82) is 0 Å². The van der Waals surface area contributed by atoms with Crippen molar-refractivity contribution in [3.05, 3.63) is 30.2 Å². The lowest BCUT2D eigenvalue weighted by Crippen LogP contribution is -2.14. The van der Waals surface area contributed by atoms with Crippen molar-refractivity contribution >= 4 is 11.1 Å². The van der Waals surface area contributed by atoms with Gasteiger partial charge < -0.3 is 14.9 Å². The molecule has 0 aliphatic rings. The second kappa shape index (κ2) is 3.77. The molecule has 14 heavy (non-hydrogen) atoms. The first-order valence-corrected chi connectivity index (χ1v) is 4.43. The van der Waals surface area contributed by atoms with Crippen LogP contribution in [0.3, 0.4) is 0 Å². The van der Waals surface area contributed by atoms with Gasteiger partial charge in [0.15, 0.2) is 5.58 Å². The van der Waals surface area contributed by atoms with Crippen molar-refractivity contribution < 1.29 is 9.15 Å². The van der Waals surface area contributed by atoms with Crippen LogP contribution in [0.4, 0.5) is 0 Å². The summed E-state index contributed by atoms with van der Waals surface area (Å²) < 4.78 is 10.6. The molecule has 74 valence electrons. The molecule has 1 heterocycles. The van der Waals surface area contributed by atoms with Crippen LogP contribution in [0.15, 0.2) is 28.7 Å². The lowest BCUT2D eigenvalue weighted by atomic mass is 10.3. The summed E-state index contributed by atoms with van der Waals surface area (Å²) in [6, 6.07) is 7.58. The van der Waals surface area contributed by atoms with E-state index in [1.54, 1.807) is 7.11 Å². The molecule has 0 radical (unpaired) electrons. The number of methoxy groups -OCH3 is 1. The van der Waals surface area contributed by atoms with Gasteiger partial charge >= 0.3 is 0 Å². The third-order valence-electron chi connectivity index (χ3n) is 2.08. The highest BCUT2D eigenvalue weighted by molar-refractivity contribution is 5.72. The number of benzene rings is 1. The van der Waals surface area contributed by atoms with Gasteiger partial charge in [0, 0.05) is 13.7 Å². The van der Waals surface area contributed by atoms with E-state index in [2.05, 4.69) is 4.98 Å². The lowest BCUT2D eigenvalue weighted by molar-refractivity contribution is 0.0878. The molecule has 0 amide bonds. The van der Waals surface area contributed by atoms with Crippen molar-refractivity contribution in [2.75, 3.05) is 13.7 Å². The number of rotatable bonds is 3. The molecule has 0 bridgehead atoms. The predicted octanol–water partition coefficient (Wildman–Crippen LogP) is 1.47. The van der Waals surface area contributed by atoms with Crippen LogP contribution in [0.25, 0.3) is 11.1 Å². The Morgan fingerprint density at radius 3 is 2.93 bits per heavy atom. The minimum atomic E-state index is -0.262. The average Bonchev–Trinajstić information content (AvgIpc) is 2.63. The first-order chi connectivity index (χ1) is 6.85. The lowest BCUT2D eigenvalue weighted by Gasteiger charge is -2.06. The number of ether oxygens (including phenoxy) is 1. The Morgan fingerprint density at radius 1 is 1.50 bits per heavy atom. The second-order valence-electron chi connectivity index (χ2n) is 2.98. The Labute approximate surface area is 81.7 Å². The Morgan fingerprint density at radius 2 is 2.29 bits per heavy atom. The molecule has 0 fully saturated rings. The molecule has 2 N–H and O–H groups in total. The largest absolute Gasteiger partial charge is 0.438 e. The smallest absolute Gasteiger partial charge is 0.225 e. The highest BCUT2D eigenvalue weighted by atomic mass is 16.5. The fourth-order valence-electron chi connectivity index (χ4n) is 1.33. The van der Waals surface area contributed by atoms with Crippen LogP contribution in [0.1, 0.15) is 12.0 Å². The standard InChI is InChI=1S/C10H12N2O2/c1-13-9(6-11)10-12-7-4-2-3-5-8(7)14-10/h2-5,9H,6,11H2,1H3. The number of hydrogen-bond donors (Lipinski definition) is 1. The van der Waals surface area contributed by atoms with E-state index in [9.17, 15) is 0 Å². The van der Waals surface area contributed by atoms with E-state index in [1.165, 1.54) is 0 Å². The third kappa shape index (κ3) is 1.49. The molecule has 1 aromatic heterocycles. The summed E-state index contributed by atoms with van der Waals surface area (Å²) >= 11 is 0. The molecule has 1 aromatic carbocycles. The summed E-state index contributed by atoms with van der Waals surface area (Å²) in [5, 5.41) is 0. The molecule has 0 spiro atoms. The normalized spacial score (nSPS) is 13.3. The van der Waals surface area contributed by atoms with E-state index in [0.29, 0.717) is 12.4 Å². The van der Waals surface area contributed by atoms with E-state index in [1.807, 2.05) is 24.3 Å². The molecule has 0 saturated heterocycles. The zero-order valence-electron chi connectivity index (χ0n) is 7.93. The highest BCUT2D eigenvalue weighted by Crippen LogP contribution is 2.20. The molecule has 1 unspecified atom stereocenters. The molecule has 4 heteroatoms. The van der Waals surface area contributed by atoms with Gasteiger partial charge in [-0.1, -0.05) is 12.1 Å². The summed E-state index contributed by atoms with van der Waals surface area (Å²) in [4.78, 5) is 4.28. The van der Waals surface area contributed by atoms with Crippen LogP contribution in [-0.2, 0) is 4.74 Å². The SMILES string of the molecule is COC(CN)c1nc2ccccc2o1. The number of nitrogens with zero attached hydrogens (tertiary/aromatic N) is 1. The number of para-hydroxylation sites is 2. The second-order valence-corrected chi connectivity index (χ2v) is 2.98. The van der Waals surface area contributed by atoms with Gasteiger partial charge in [-0.2, -0.15) is 0 Å². The Kier molecular flexibility index (Phi) is 2.47. The number of fused-ring (bicyclic) bond motifs is 1. The minimum absolute atomic E-state index is 0.262. The molecular formula is C10H12N2O2. The highest BCUT2D eigenvalue weighted by Gasteiger charge is 2.15. The molecule has 0 aliphatic carbocycles. The summed E-state index contributed by atoms with van der Waals surface area (Å²) in [5.74, 6) is 0.538. The van der Waals surface area contributed by atoms with E-state index >= 15 is 0 Å². The maximum absolute atomic E-state index is 5.51. The van der Waals surface area contributed by atoms with Crippen LogP contribution in [0.2, 0.25) is 0 Å². The van der Waals surface area contributed by atoms with Gasteiger partial charge in [0.2, 0.25) is 5.89 Å². The number of nitrogens with two attached hydrogens (primary N) is 1. The van der Waals surface area contributed by atoms with Crippen molar-refractivity contribution in [3.8, 4) is 0 Å². The molecule has 1 atom stereocenters. The maximum atomic E-state index is 5.51. The Balaban J connectivity index is 2.43. The zero-order valence-corrected chi connectivity index (χ0v) is 7.93. The Hall–Kier alpha value is -1.39. The van der Waals surface area contributed by atoms with Crippen LogP contribution in [0.5, 0.6) is 0 Å². The van der Waals surface area contributed by atoms with Crippen LogP contribution in [0, 0.1) is 0 Å². The summed E-state index contributed by atoms with van der Waals surface area (Å²) in [6.07, 6.45) is -0.262. The van der Waals surface area contributed by atoms with Gasteiger partial charge in [-0.15, -0.1) is 0 Å². The van der Waals surface area contributed by atoms with Gasteiger partial charge in [-0.05, 0) is 12.1 Å². The van der Waals surface area contributed by atoms with E-state index in [4.69, 9.17) is 14.9 Å². The maximum Gasteiger partial charge on any atom is 0.225 e. The van der Waals surface area contributed by atoms with Gasteiger partial charge in [-0.25, -0.2) is 4.98 Å². The first kappa shape index (κ1) is 9.18. The fourth-order valence-corrected chi connectivity index (χ4v) is 1.33. The van der Waals surface area contributed by atoms with E-state index in [0.717, 1.165) is 11.1 Å². The summed E-state index contributed by atoms with van der Waals surface area (Å²) in [7, 11) is 1.59. The molecule has 0 saturated carbocycles. The minimum Gasteiger partial charge on any atom is -0.438 e. The Bertz CT molecular complexity index is 388. The average molecular weight is 192 g/mol. The first-order valence-electron chi connectivity index (χ1n) is 4.43. The van der Waals surface area contributed by atoms with Crippen molar-refractivity contribution in [1.82, 2.24) is 4.98 Å². The third-order valence-corrected chi connectivity index (χ3v) is 2.08. The van der Waals surface area contributed by atoms with Crippen molar-refractivity contribution in [2.45, 2.75) is 6.10 Å². The number of hydrogen-bond acceptors (Lipinski definition) is 4. The summed E-state index contributed by atoms with van der Waals surface area (Å²) in [5.41, 5.74) is 7.11. The topological polar surface area (TPSA) is 61.3 Å². The molecule has 2 rings (SSSR count). The summed E-state index contributed by atoms with van der Waals surface area (Å²) in [6.45, 7) is 0.364. The van der Waals surface area contributed by atoms with Crippen molar-refractivity contribution in [3.63, 3.8) is 0 Å². The predicted molar refractivity (Wildman–Crippen MR) is 52.8 cm³/mol. The van der Waals surface area contributed by atoms with E-state index < -0.39 is 0 Å². The van der Waals surface area contributed by atoms with Crippen molar-refractivity contribution in [2.24, 2.45) is 5.73 Å². The van der Waals surface area contributed by atoms with Crippen LogP contribution in [-0.4, -0.2) is 18.6 Å². The molecular weight excluding hydrogens is 180 g/mol. The fraction of sp³-hybridized carbons (Fsp3) is 0.300. The van der Waals surface area contributed by atoms with Crippen LogP contribution < -0.4 is 5.73 Å². The van der Waals surface area contributed by atoms with Gasteiger partial charge in [0.25, 0.3) is 0 Å². The quantitative estimate of drug-likeness (QED) is 0.800. The monoisotopic (exact) mass is 192 g/mol. The van der Waals surface area contributed by atoms with Crippen LogP contribution >= 0.6 is 0 Å².